The first kappa shape index (κ1) is 46.1. The minimum atomic E-state index is -5.33. The van der Waals surface area contributed by atoms with Gasteiger partial charge in [0.25, 0.3) is 0 Å². The summed E-state index contributed by atoms with van der Waals surface area (Å²) < 4.78 is 111. The van der Waals surface area contributed by atoms with Gasteiger partial charge < -0.3 is 33.7 Å². The zero-order valence-corrected chi connectivity index (χ0v) is 36.9. The third kappa shape index (κ3) is 10.8. The van der Waals surface area contributed by atoms with Gasteiger partial charge in [-0.2, -0.15) is 15.0 Å². The number of rotatable bonds is 10. The minimum absolute atomic E-state index is 0. The Morgan fingerprint density at radius 1 is 0.808 bits per heavy atom. The zero-order chi connectivity index (χ0) is 35.9. The van der Waals surface area contributed by atoms with Gasteiger partial charge in [0, 0.05) is 23.8 Å². The van der Waals surface area contributed by atoms with Crippen LogP contribution in [0.4, 0.5) is 34.6 Å². The zero-order valence-electron chi connectivity index (χ0n) is 27.7. The number of phenolic OH excluding ortho intramolecular Hbond substituents is 1. The number of hydrogen-bond donors (Lipinski definition) is 2. The van der Waals surface area contributed by atoms with Crippen LogP contribution >= 0.6 is 11.6 Å². The molecular formula is C27H19ClN7Na3O11S3. The summed E-state index contributed by atoms with van der Waals surface area (Å²) in [6.45, 7) is 0. The molecule has 0 aliphatic rings. The van der Waals surface area contributed by atoms with Gasteiger partial charge in [0.15, 0.2) is 5.75 Å². The Hall–Kier alpha value is -2.03. The van der Waals surface area contributed by atoms with E-state index in [9.17, 15) is 44.0 Å². The third-order valence-electron chi connectivity index (χ3n) is 6.66. The number of methoxy groups -OCH3 is 1. The maximum absolute atomic E-state index is 12.3. The molecule has 0 aliphatic heterocycles. The van der Waals surface area contributed by atoms with Gasteiger partial charge in [0.05, 0.1) is 21.8 Å². The first-order valence-electron chi connectivity index (χ1n) is 13.1. The van der Waals surface area contributed by atoms with Gasteiger partial charge in [-0.3, -0.25) is 0 Å². The molecular weight excluding hydrogens is 799 g/mol. The maximum atomic E-state index is 12.3. The van der Waals surface area contributed by atoms with Crippen LogP contribution in [0.25, 0.3) is 10.8 Å². The minimum Gasteiger partial charge on any atom is -0.744 e. The van der Waals surface area contributed by atoms with Crippen LogP contribution in [0.2, 0.25) is 5.28 Å². The van der Waals surface area contributed by atoms with Gasteiger partial charge in [-0.15, -0.1) is 10.2 Å². The van der Waals surface area contributed by atoms with Crippen molar-refractivity contribution in [3.05, 3.63) is 72.0 Å². The second-order valence-electron chi connectivity index (χ2n) is 9.81. The van der Waals surface area contributed by atoms with Gasteiger partial charge >= 0.3 is 88.7 Å². The summed E-state index contributed by atoms with van der Waals surface area (Å²) in [5.74, 6) is -1.01. The normalized spacial score (nSPS) is 11.7. The number of nitrogens with one attached hydrogen (secondary N) is 1. The standard InChI is InChI=1S/C27H22ClN7O11S3.3Na/c1-35(27-31-25(28)30-26(32-27)29-15-4-3-5-18(12-15)47(37,38)39)16-6-8-19-14(10-16)11-22(49(43,44)45)23(24(19)36)34-33-20-9-7-17(46-2)13-21(20)48(40,41)42;;;/h3-13,36H,1-2H3,(H,37,38,39)(H,40,41,42)(H,43,44,45)(H,29,30,31,32);;;/q;3*+1/p-3. The van der Waals surface area contributed by atoms with E-state index in [1.807, 2.05) is 0 Å². The number of benzene rings is 4. The molecule has 5 aromatic rings. The van der Waals surface area contributed by atoms with Crippen molar-refractivity contribution in [2.75, 3.05) is 24.4 Å². The molecule has 0 spiro atoms. The van der Waals surface area contributed by atoms with Crippen molar-refractivity contribution < 1.29 is 137 Å². The summed E-state index contributed by atoms with van der Waals surface area (Å²) in [4.78, 5) is 11.2. The van der Waals surface area contributed by atoms with Crippen molar-refractivity contribution in [3.8, 4) is 11.5 Å². The molecule has 25 heteroatoms. The van der Waals surface area contributed by atoms with E-state index in [1.54, 1.807) is 0 Å². The molecule has 18 nitrogen and oxygen atoms in total. The van der Waals surface area contributed by atoms with Crippen molar-refractivity contribution in [2.24, 2.45) is 10.2 Å². The molecule has 0 saturated carbocycles. The van der Waals surface area contributed by atoms with E-state index >= 15 is 0 Å². The summed E-state index contributed by atoms with van der Waals surface area (Å²) in [6, 6.07) is 13.2. The SMILES string of the molecule is COc1ccc(N=Nc2c(S(=O)(=O)[O-])cc3cc(N(C)c4nc(Cl)nc(Nc5cccc(S(=O)(=O)[O-])c5)n4)ccc3c2O)c(S(=O)(=O)[O-])c1.[Na+].[Na+].[Na+]. The number of hydrogen-bond acceptors (Lipinski definition) is 18. The molecule has 256 valence electrons. The number of aromatic hydroxyl groups is 1. The molecule has 1 heterocycles. The molecule has 0 radical (unpaired) electrons. The fourth-order valence-electron chi connectivity index (χ4n) is 4.36. The van der Waals surface area contributed by atoms with Gasteiger partial charge in [-0.05, 0) is 77.7 Å². The Bertz CT molecular complexity index is 2520. The van der Waals surface area contributed by atoms with Crippen LogP contribution in [0.1, 0.15) is 0 Å². The number of anilines is 4. The smallest absolute Gasteiger partial charge is 0.744 e. The van der Waals surface area contributed by atoms with Gasteiger partial charge in [-0.25, -0.2) is 25.3 Å². The number of phenols is 1. The van der Waals surface area contributed by atoms with Crippen LogP contribution < -0.4 is 104 Å². The van der Waals surface area contributed by atoms with Crippen LogP contribution in [0.5, 0.6) is 11.5 Å². The van der Waals surface area contributed by atoms with E-state index in [-0.39, 0.29) is 134 Å². The fraction of sp³-hybridized carbons (Fsp3) is 0.0741. The van der Waals surface area contributed by atoms with E-state index in [0.29, 0.717) is 0 Å². The van der Waals surface area contributed by atoms with Crippen molar-refractivity contribution >= 4 is 87.4 Å². The first-order valence-corrected chi connectivity index (χ1v) is 17.7. The number of nitrogens with zero attached hydrogens (tertiary/aromatic N) is 6. The number of aromatic nitrogens is 3. The van der Waals surface area contributed by atoms with Crippen molar-refractivity contribution in [1.82, 2.24) is 15.0 Å². The molecule has 0 fully saturated rings. The van der Waals surface area contributed by atoms with Gasteiger partial charge in [0.2, 0.25) is 17.2 Å². The van der Waals surface area contributed by atoms with Crippen molar-refractivity contribution in [2.45, 2.75) is 14.7 Å². The summed E-state index contributed by atoms with van der Waals surface area (Å²) in [5.41, 5.74) is -0.908. The monoisotopic (exact) mass is 817 g/mol. The van der Waals surface area contributed by atoms with Crippen LogP contribution in [-0.4, -0.2) is 73.1 Å². The number of halogens is 1. The average molecular weight is 818 g/mol. The Balaban J connectivity index is 0.00000312. The van der Waals surface area contributed by atoms with E-state index in [1.165, 1.54) is 55.5 Å². The Morgan fingerprint density at radius 2 is 1.48 bits per heavy atom. The largest absolute Gasteiger partial charge is 1.00 e. The van der Waals surface area contributed by atoms with Crippen molar-refractivity contribution in [3.63, 3.8) is 0 Å². The quantitative estimate of drug-likeness (QED) is 0.0759. The molecule has 0 amide bonds. The van der Waals surface area contributed by atoms with Gasteiger partial charge in [0.1, 0.15) is 47.5 Å². The topological polar surface area (TPSA) is 280 Å². The molecule has 0 atom stereocenters. The van der Waals surface area contributed by atoms with Crippen molar-refractivity contribution in [1.29, 1.82) is 0 Å². The Morgan fingerprint density at radius 3 is 2.10 bits per heavy atom. The van der Waals surface area contributed by atoms with E-state index in [2.05, 4.69) is 30.5 Å². The predicted octanol–water partition coefficient (Wildman–Crippen LogP) is -4.96. The first-order chi connectivity index (χ1) is 22.8. The Labute approximate surface area is 368 Å². The number of ether oxygens (including phenoxy) is 1. The molecule has 4 aromatic carbocycles. The maximum Gasteiger partial charge on any atom is 1.00 e. The van der Waals surface area contributed by atoms with Crippen LogP contribution in [0.3, 0.4) is 0 Å². The molecule has 2 N–H and O–H groups in total. The summed E-state index contributed by atoms with van der Waals surface area (Å²) in [6.07, 6.45) is 0. The molecule has 0 unspecified atom stereocenters. The molecule has 52 heavy (non-hydrogen) atoms. The van der Waals surface area contributed by atoms with Crippen LogP contribution in [0.15, 0.2) is 91.6 Å². The summed E-state index contributed by atoms with van der Waals surface area (Å²) in [7, 11) is -12.5. The summed E-state index contributed by atoms with van der Waals surface area (Å²) in [5, 5.41) is 20.8. The molecule has 0 aliphatic carbocycles. The van der Waals surface area contributed by atoms with Crippen LogP contribution in [-0.2, 0) is 30.4 Å². The van der Waals surface area contributed by atoms with E-state index in [4.69, 9.17) is 16.3 Å². The van der Waals surface area contributed by atoms with Gasteiger partial charge in [-0.1, -0.05) is 6.07 Å². The second kappa shape index (κ2) is 18.1. The molecule has 5 rings (SSSR count). The van der Waals surface area contributed by atoms with Crippen LogP contribution in [0, 0.1) is 0 Å². The molecule has 0 bridgehead atoms. The molecule has 1 aromatic heterocycles. The third-order valence-corrected chi connectivity index (χ3v) is 9.38. The average Bonchev–Trinajstić information content (AvgIpc) is 3.02. The predicted molar refractivity (Wildman–Crippen MR) is 169 cm³/mol. The summed E-state index contributed by atoms with van der Waals surface area (Å²) >= 11 is 6.09. The Kier molecular flexibility index (Phi) is 16.0. The number of fused-ring (bicyclic) bond motifs is 1. The fourth-order valence-corrected chi connectivity index (χ4v) is 6.31. The number of azo groups is 1. The molecule has 0 saturated heterocycles. The van der Waals surface area contributed by atoms with E-state index < -0.39 is 62.2 Å². The second-order valence-corrected chi connectivity index (χ2v) is 14.2. The van der Waals surface area contributed by atoms with E-state index in [0.717, 1.165) is 30.3 Å².